The molecule has 0 aliphatic carbocycles. The summed E-state index contributed by atoms with van der Waals surface area (Å²) in [6.45, 7) is 0.0451. The minimum atomic E-state index is 0.0451. The zero-order valence-electron chi connectivity index (χ0n) is 9.31. The molecule has 2 aromatic rings. The fraction of sp³-hybridized carbons (Fsp3) is 0.167. The summed E-state index contributed by atoms with van der Waals surface area (Å²) in [5.41, 5.74) is 0.879. The van der Waals surface area contributed by atoms with E-state index in [4.69, 9.17) is 33.0 Å². The monoisotopic (exact) mass is 284 g/mol. The highest BCUT2D eigenvalue weighted by Crippen LogP contribution is 2.30. The fourth-order valence-electron chi connectivity index (χ4n) is 1.46. The number of halogens is 2. The number of ether oxygens (including phenoxy) is 1. The fourth-order valence-corrected chi connectivity index (χ4v) is 1.73. The van der Waals surface area contributed by atoms with Crippen LogP contribution in [0.1, 0.15) is 5.56 Å². The summed E-state index contributed by atoms with van der Waals surface area (Å²) in [4.78, 5) is 0. The molecule has 0 saturated carbocycles. The normalized spacial score (nSPS) is 10.4. The van der Waals surface area contributed by atoms with Crippen molar-refractivity contribution in [1.82, 2.24) is 10.2 Å². The van der Waals surface area contributed by atoms with Crippen LogP contribution in [0.25, 0.3) is 0 Å². The Labute approximate surface area is 114 Å². The van der Waals surface area contributed by atoms with Crippen molar-refractivity contribution in [3.05, 3.63) is 46.2 Å². The van der Waals surface area contributed by atoms with Crippen LogP contribution in [-0.2, 0) is 6.42 Å². The Bertz CT molecular complexity index is 549. The smallest absolute Gasteiger partial charge is 0.194 e. The van der Waals surface area contributed by atoms with E-state index in [0.29, 0.717) is 17.9 Å². The van der Waals surface area contributed by atoms with E-state index in [2.05, 4.69) is 10.2 Å². The molecule has 0 atom stereocenters. The number of benzene rings is 1. The van der Waals surface area contributed by atoms with Crippen LogP contribution in [0, 0.1) is 0 Å². The Balaban J connectivity index is 2.30. The van der Waals surface area contributed by atoms with Gasteiger partial charge in [0.25, 0.3) is 0 Å². The third-order valence-electron chi connectivity index (χ3n) is 2.26. The average Bonchev–Trinajstić information content (AvgIpc) is 2.36. The van der Waals surface area contributed by atoms with Crippen LogP contribution in [0.2, 0.25) is 10.3 Å². The Kier molecular flexibility index (Phi) is 4.36. The van der Waals surface area contributed by atoms with Crippen molar-refractivity contribution >= 4 is 23.2 Å². The first-order chi connectivity index (χ1) is 8.70. The third kappa shape index (κ3) is 3.10. The zero-order chi connectivity index (χ0) is 13.0. The van der Waals surface area contributed by atoms with Crippen LogP contribution in [0.3, 0.4) is 0 Å². The van der Waals surface area contributed by atoms with Gasteiger partial charge in [-0.2, -0.15) is 0 Å². The van der Waals surface area contributed by atoms with Gasteiger partial charge in [0, 0.05) is 12.7 Å². The number of aliphatic hydroxyl groups excluding tert-OH is 1. The van der Waals surface area contributed by atoms with Gasteiger partial charge in [-0.25, -0.2) is 0 Å². The van der Waals surface area contributed by atoms with E-state index in [1.54, 1.807) is 6.07 Å². The summed E-state index contributed by atoms with van der Waals surface area (Å²) >= 11 is 11.6. The van der Waals surface area contributed by atoms with Gasteiger partial charge in [-0.15, -0.1) is 10.2 Å². The van der Waals surface area contributed by atoms with E-state index < -0.39 is 0 Å². The number of aliphatic hydroxyl groups is 1. The molecular weight excluding hydrogens is 275 g/mol. The molecule has 94 valence electrons. The first kappa shape index (κ1) is 13.1. The standard InChI is InChI=1S/C12H10Cl2N2O2/c13-11-7-10(12(14)16-15-11)18-9-4-2-1-3-8(9)5-6-17/h1-4,7,17H,5-6H2. The molecule has 0 unspecified atom stereocenters. The van der Waals surface area contributed by atoms with Crippen LogP contribution in [0.5, 0.6) is 11.5 Å². The van der Waals surface area contributed by atoms with E-state index in [1.165, 1.54) is 6.07 Å². The highest BCUT2D eigenvalue weighted by molar-refractivity contribution is 6.32. The van der Waals surface area contributed by atoms with E-state index in [9.17, 15) is 0 Å². The Morgan fingerprint density at radius 2 is 1.89 bits per heavy atom. The lowest BCUT2D eigenvalue weighted by Crippen LogP contribution is -1.96. The summed E-state index contributed by atoms with van der Waals surface area (Å²) in [6, 6.07) is 8.86. The molecule has 0 spiro atoms. The zero-order valence-corrected chi connectivity index (χ0v) is 10.8. The minimum Gasteiger partial charge on any atom is -0.454 e. The van der Waals surface area contributed by atoms with Crippen molar-refractivity contribution in [2.24, 2.45) is 0 Å². The Morgan fingerprint density at radius 3 is 2.67 bits per heavy atom. The summed E-state index contributed by atoms with van der Waals surface area (Å²) < 4.78 is 5.64. The second-order valence-electron chi connectivity index (χ2n) is 3.51. The summed E-state index contributed by atoms with van der Waals surface area (Å²) in [5, 5.41) is 16.6. The predicted molar refractivity (Wildman–Crippen MR) is 69.4 cm³/mol. The molecule has 0 fully saturated rings. The van der Waals surface area contributed by atoms with E-state index >= 15 is 0 Å². The van der Waals surface area contributed by atoms with Crippen molar-refractivity contribution in [3.8, 4) is 11.5 Å². The van der Waals surface area contributed by atoms with Gasteiger partial charge in [0.1, 0.15) is 5.75 Å². The predicted octanol–water partition coefficient (Wildman–Crippen LogP) is 3.11. The third-order valence-corrected chi connectivity index (χ3v) is 2.71. The number of nitrogens with zero attached hydrogens (tertiary/aromatic N) is 2. The molecule has 0 radical (unpaired) electrons. The largest absolute Gasteiger partial charge is 0.454 e. The van der Waals surface area contributed by atoms with Gasteiger partial charge in [-0.1, -0.05) is 41.4 Å². The molecule has 18 heavy (non-hydrogen) atoms. The van der Waals surface area contributed by atoms with Gasteiger partial charge in [-0.05, 0) is 18.1 Å². The molecule has 0 aliphatic rings. The first-order valence-electron chi connectivity index (χ1n) is 5.26. The summed E-state index contributed by atoms with van der Waals surface area (Å²) in [5.74, 6) is 0.944. The van der Waals surface area contributed by atoms with Crippen molar-refractivity contribution in [2.45, 2.75) is 6.42 Å². The van der Waals surface area contributed by atoms with Gasteiger partial charge < -0.3 is 9.84 Å². The van der Waals surface area contributed by atoms with Crippen LogP contribution in [0.4, 0.5) is 0 Å². The second-order valence-corrected chi connectivity index (χ2v) is 4.25. The van der Waals surface area contributed by atoms with Crippen LogP contribution >= 0.6 is 23.2 Å². The van der Waals surface area contributed by atoms with E-state index in [-0.39, 0.29) is 16.9 Å². The highest BCUT2D eigenvalue weighted by Gasteiger charge is 2.09. The first-order valence-corrected chi connectivity index (χ1v) is 6.01. The quantitative estimate of drug-likeness (QED) is 0.937. The maximum absolute atomic E-state index is 8.98. The molecular formula is C12H10Cl2N2O2. The maximum Gasteiger partial charge on any atom is 0.194 e. The van der Waals surface area contributed by atoms with Gasteiger partial charge in [-0.3, -0.25) is 0 Å². The summed E-state index contributed by atoms with van der Waals surface area (Å²) in [7, 11) is 0. The van der Waals surface area contributed by atoms with Gasteiger partial charge in [0.05, 0.1) is 0 Å². The molecule has 0 bridgehead atoms. The lowest BCUT2D eigenvalue weighted by Gasteiger charge is -2.10. The number of rotatable bonds is 4. The van der Waals surface area contributed by atoms with Crippen molar-refractivity contribution < 1.29 is 9.84 Å². The molecule has 1 aromatic carbocycles. The molecule has 6 heteroatoms. The van der Waals surface area contributed by atoms with E-state index in [0.717, 1.165) is 5.56 Å². The van der Waals surface area contributed by atoms with Gasteiger partial charge >= 0.3 is 0 Å². The number of para-hydroxylation sites is 1. The second kappa shape index (κ2) is 6.00. The molecule has 0 saturated heterocycles. The Morgan fingerprint density at radius 1 is 1.11 bits per heavy atom. The lowest BCUT2D eigenvalue weighted by molar-refractivity contribution is 0.298. The van der Waals surface area contributed by atoms with Crippen LogP contribution < -0.4 is 4.74 Å². The number of hydrogen-bond acceptors (Lipinski definition) is 4. The van der Waals surface area contributed by atoms with Gasteiger partial charge in [0.15, 0.2) is 16.1 Å². The van der Waals surface area contributed by atoms with Crippen molar-refractivity contribution in [1.29, 1.82) is 0 Å². The lowest BCUT2D eigenvalue weighted by atomic mass is 10.1. The molecule has 0 amide bonds. The SMILES string of the molecule is OCCc1ccccc1Oc1cc(Cl)nnc1Cl. The van der Waals surface area contributed by atoms with Gasteiger partial charge in [0.2, 0.25) is 0 Å². The average molecular weight is 285 g/mol. The summed E-state index contributed by atoms with van der Waals surface area (Å²) in [6.07, 6.45) is 0.500. The number of aromatic nitrogens is 2. The van der Waals surface area contributed by atoms with Crippen LogP contribution in [0.15, 0.2) is 30.3 Å². The molecule has 1 aromatic heterocycles. The molecule has 1 heterocycles. The molecule has 2 rings (SSSR count). The number of hydrogen-bond donors (Lipinski definition) is 1. The Hall–Kier alpha value is -1.36. The maximum atomic E-state index is 8.98. The van der Waals surface area contributed by atoms with Crippen molar-refractivity contribution in [3.63, 3.8) is 0 Å². The highest BCUT2D eigenvalue weighted by atomic mass is 35.5. The van der Waals surface area contributed by atoms with Crippen molar-refractivity contribution in [2.75, 3.05) is 6.61 Å². The molecule has 4 nitrogen and oxygen atoms in total. The molecule has 1 N–H and O–H groups in total. The minimum absolute atomic E-state index is 0.0451. The molecule has 0 aliphatic heterocycles. The topological polar surface area (TPSA) is 55.2 Å². The van der Waals surface area contributed by atoms with E-state index in [1.807, 2.05) is 18.2 Å². The van der Waals surface area contributed by atoms with Crippen LogP contribution in [-0.4, -0.2) is 21.9 Å².